The number of benzene rings is 1. The van der Waals surface area contributed by atoms with E-state index in [2.05, 4.69) is 31.3 Å². The Balaban J connectivity index is 1.93. The zero-order valence-electron chi connectivity index (χ0n) is 16.0. The lowest BCUT2D eigenvalue weighted by Gasteiger charge is -2.26. The molecule has 0 bridgehead atoms. The molecule has 4 heteroatoms. The monoisotopic (exact) mass is 344 g/mol. The number of nitrogens with zero attached hydrogens (tertiary/aromatic N) is 1. The van der Waals surface area contributed by atoms with Crippen molar-refractivity contribution in [2.24, 2.45) is 11.8 Å². The second-order valence-corrected chi connectivity index (χ2v) is 7.91. The lowest BCUT2D eigenvalue weighted by atomic mass is 10.00. The van der Waals surface area contributed by atoms with E-state index in [1.807, 2.05) is 30.9 Å². The molecular formula is C21H32N2O2. The number of hydrogen-bond donors (Lipinski definition) is 1. The van der Waals surface area contributed by atoms with Crippen LogP contribution in [-0.2, 0) is 22.4 Å². The fourth-order valence-corrected chi connectivity index (χ4v) is 3.32. The first-order valence-corrected chi connectivity index (χ1v) is 9.52. The van der Waals surface area contributed by atoms with Crippen LogP contribution in [-0.4, -0.2) is 35.8 Å². The smallest absolute Gasteiger partial charge is 0.245 e. The lowest BCUT2D eigenvalue weighted by Crippen LogP contribution is -2.50. The van der Waals surface area contributed by atoms with Crippen LogP contribution in [0.3, 0.4) is 0 Å². The molecule has 0 spiro atoms. The van der Waals surface area contributed by atoms with Crippen molar-refractivity contribution in [2.75, 3.05) is 13.1 Å². The molecule has 4 nitrogen and oxygen atoms in total. The summed E-state index contributed by atoms with van der Waals surface area (Å²) in [5.74, 6) is 0.694. The van der Waals surface area contributed by atoms with Gasteiger partial charge in [-0.3, -0.25) is 9.59 Å². The van der Waals surface area contributed by atoms with Gasteiger partial charge in [0.1, 0.15) is 6.04 Å². The topological polar surface area (TPSA) is 49.4 Å². The highest BCUT2D eigenvalue weighted by atomic mass is 16.2. The molecule has 2 rings (SSSR count). The van der Waals surface area contributed by atoms with Crippen molar-refractivity contribution >= 4 is 11.8 Å². The van der Waals surface area contributed by atoms with E-state index in [1.54, 1.807) is 0 Å². The van der Waals surface area contributed by atoms with Gasteiger partial charge >= 0.3 is 0 Å². The summed E-state index contributed by atoms with van der Waals surface area (Å²) in [5.41, 5.74) is 2.28. The second-order valence-electron chi connectivity index (χ2n) is 7.91. The van der Waals surface area contributed by atoms with Crippen LogP contribution in [0.25, 0.3) is 0 Å². The van der Waals surface area contributed by atoms with Crippen molar-refractivity contribution in [1.29, 1.82) is 0 Å². The van der Waals surface area contributed by atoms with E-state index >= 15 is 0 Å². The van der Waals surface area contributed by atoms with Gasteiger partial charge in [-0.15, -0.1) is 0 Å². The van der Waals surface area contributed by atoms with Gasteiger partial charge in [0.05, 0.1) is 6.42 Å². The summed E-state index contributed by atoms with van der Waals surface area (Å²) < 4.78 is 0. The Kier molecular flexibility index (Phi) is 7.03. The van der Waals surface area contributed by atoms with Crippen LogP contribution in [0.15, 0.2) is 24.3 Å². The molecule has 1 N–H and O–H groups in total. The average Bonchev–Trinajstić information content (AvgIpc) is 3.07. The van der Waals surface area contributed by atoms with Crippen molar-refractivity contribution < 1.29 is 9.59 Å². The van der Waals surface area contributed by atoms with Crippen molar-refractivity contribution in [1.82, 2.24) is 10.2 Å². The third kappa shape index (κ3) is 5.87. The Morgan fingerprint density at radius 3 is 2.08 bits per heavy atom. The first-order chi connectivity index (χ1) is 11.9. The molecule has 138 valence electrons. The maximum atomic E-state index is 12.6. The Bertz CT molecular complexity index is 572. The Morgan fingerprint density at radius 1 is 1.00 bits per heavy atom. The molecule has 0 aliphatic carbocycles. The summed E-state index contributed by atoms with van der Waals surface area (Å²) in [6, 6.07) is 7.80. The van der Waals surface area contributed by atoms with Gasteiger partial charge in [0, 0.05) is 13.1 Å². The minimum Gasteiger partial charge on any atom is -0.344 e. The maximum absolute atomic E-state index is 12.6. The quantitative estimate of drug-likeness (QED) is 0.826. The summed E-state index contributed by atoms with van der Waals surface area (Å²) in [6.45, 7) is 10.00. The van der Waals surface area contributed by atoms with Gasteiger partial charge in [-0.05, 0) is 42.2 Å². The molecule has 1 aliphatic rings. The normalized spacial score (nSPS) is 15.7. The van der Waals surface area contributed by atoms with Crippen molar-refractivity contribution in [2.45, 2.75) is 59.4 Å². The van der Waals surface area contributed by atoms with E-state index < -0.39 is 6.04 Å². The van der Waals surface area contributed by atoms with E-state index in [4.69, 9.17) is 0 Å². The molecule has 25 heavy (non-hydrogen) atoms. The zero-order chi connectivity index (χ0) is 18.4. The minimum absolute atomic E-state index is 0.0631. The number of rotatable bonds is 7. The van der Waals surface area contributed by atoms with Crippen LogP contribution in [0.4, 0.5) is 0 Å². The lowest BCUT2D eigenvalue weighted by molar-refractivity contribution is -0.136. The van der Waals surface area contributed by atoms with E-state index in [1.165, 1.54) is 5.56 Å². The first kappa shape index (κ1) is 19.5. The van der Waals surface area contributed by atoms with Gasteiger partial charge in [0.15, 0.2) is 0 Å². The van der Waals surface area contributed by atoms with E-state index in [-0.39, 0.29) is 17.7 Å². The first-order valence-electron chi connectivity index (χ1n) is 9.52. The molecule has 1 fully saturated rings. The summed E-state index contributed by atoms with van der Waals surface area (Å²) in [4.78, 5) is 26.9. The largest absolute Gasteiger partial charge is 0.344 e. The molecule has 0 aromatic heterocycles. The third-order valence-corrected chi connectivity index (χ3v) is 4.70. The summed E-state index contributed by atoms with van der Waals surface area (Å²) in [5, 5.41) is 2.96. The molecule has 1 aliphatic heterocycles. The average molecular weight is 344 g/mol. The van der Waals surface area contributed by atoms with Gasteiger partial charge in [-0.25, -0.2) is 0 Å². The van der Waals surface area contributed by atoms with E-state index in [0.29, 0.717) is 12.3 Å². The molecule has 2 amide bonds. The van der Waals surface area contributed by atoms with Crippen LogP contribution >= 0.6 is 0 Å². The number of hydrogen-bond acceptors (Lipinski definition) is 2. The number of carbonyl (C=O) groups excluding carboxylic acids is 2. The van der Waals surface area contributed by atoms with Crippen molar-refractivity contribution in [3.63, 3.8) is 0 Å². The fourth-order valence-electron chi connectivity index (χ4n) is 3.32. The minimum atomic E-state index is -0.425. The predicted octanol–water partition coefficient (Wildman–Crippen LogP) is 3.19. The molecule has 1 heterocycles. The Morgan fingerprint density at radius 2 is 1.56 bits per heavy atom. The third-order valence-electron chi connectivity index (χ3n) is 4.70. The zero-order valence-corrected chi connectivity index (χ0v) is 16.0. The molecular weight excluding hydrogens is 312 g/mol. The molecule has 1 aromatic carbocycles. The summed E-state index contributed by atoms with van der Waals surface area (Å²) in [6.07, 6.45) is 3.49. The van der Waals surface area contributed by atoms with Gasteiger partial charge in [0.25, 0.3) is 0 Å². The van der Waals surface area contributed by atoms with Gasteiger partial charge in [0.2, 0.25) is 11.8 Å². The highest BCUT2D eigenvalue weighted by Crippen LogP contribution is 2.14. The molecule has 1 saturated heterocycles. The van der Waals surface area contributed by atoms with Crippen LogP contribution in [0, 0.1) is 11.8 Å². The van der Waals surface area contributed by atoms with Crippen LogP contribution in [0.1, 0.15) is 51.7 Å². The maximum Gasteiger partial charge on any atom is 0.245 e. The molecule has 0 radical (unpaired) electrons. The number of nitrogens with one attached hydrogen (secondary N) is 1. The van der Waals surface area contributed by atoms with E-state index in [9.17, 15) is 9.59 Å². The number of likely N-dealkylation sites (tertiary alicyclic amines) is 1. The molecule has 0 unspecified atom stereocenters. The standard InChI is InChI=1S/C21H32N2O2/c1-15(2)13-17-7-9-18(10-8-17)14-19(24)22-20(16(3)4)21(25)23-11-5-6-12-23/h7-10,15-16,20H,5-6,11-14H2,1-4H3,(H,22,24)/t20-/m0/s1. The number of amides is 2. The highest BCUT2D eigenvalue weighted by molar-refractivity contribution is 5.88. The fraction of sp³-hybridized carbons (Fsp3) is 0.619. The molecule has 0 saturated carbocycles. The van der Waals surface area contributed by atoms with Crippen LogP contribution in [0.5, 0.6) is 0 Å². The summed E-state index contributed by atoms with van der Waals surface area (Å²) in [7, 11) is 0. The van der Waals surface area contributed by atoms with Crippen LogP contribution < -0.4 is 5.32 Å². The Labute approximate surface area is 152 Å². The molecule has 1 atom stereocenters. The van der Waals surface area contributed by atoms with Crippen molar-refractivity contribution in [3.05, 3.63) is 35.4 Å². The van der Waals surface area contributed by atoms with Gasteiger partial charge in [-0.1, -0.05) is 52.0 Å². The SMILES string of the molecule is CC(C)Cc1ccc(CC(=O)N[C@H](C(=O)N2CCCC2)C(C)C)cc1. The van der Waals surface area contributed by atoms with Gasteiger partial charge < -0.3 is 10.2 Å². The number of carbonyl (C=O) groups is 2. The van der Waals surface area contributed by atoms with E-state index in [0.717, 1.165) is 37.9 Å². The second kappa shape index (κ2) is 9.02. The highest BCUT2D eigenvalue weighted by Gasteiger charge is 2.29. The molecule has 1 aromatic rings. The van der Waals surface area contributed by atoms with Crippen LogP contribution in [0.2, 0.25) is 0 Å². The predicted molar refractivity (Wildman–Crippen MR) is 101 cm³/mol. The summed E-state index contributed by atoms with van der Waals surface area (Å²) >= 11 is 0. The van der Waals surface area contributed by atoms with Gasteiger partial charge in [-0.2, -0.15) is 0 Å². The van der Waals surface area contributed by atoms with Crippen molar-refractivity contribution in [3.8, 4) is 0 Å². The Hall–Kier alpha value is -1.84.